The van der Waals surface area contributed by atoms with Gasteiger partial charge in [0.2, 0.25) is 0 Å². The van der Waals surface area contributed by atoms with Gasteiger partial charge in [0.05, 0.1) is 6.61 Å². The minimum atomic E-state index is -0.152. The van der Waals surface area contributed by atoms with Crippen molar-refractivity contribution in [3.63, 3.8) is 0 Å². The summed E-state index contributed by atoms with van der Waals surface area (Å²) in [6, 6.07) is 13.7. The van der Waals surface area contributed by atoms with Gasteiger partial charge in [-0.05, 0) is 93.1 Å². The molecular formula is C22H27BrFNO. The van der Waals surface area contributed by atoms with Crippen LogP contribution < -0.4 is 4.74 Å². The minimum Gasteiger partial charge on any atom is -0.494 e. The van der Waals surface area contributed by atoms with E-state index >= 15 is 0 Å². The average molecular weight is 420 g/mol. The van der Waals surface area contributed by atoms with E-state index in [1.807, 2.05) is 19.1 Å². The second kappa shape index (κ2) is 9.52. The summed E-state index contributed by atoms with van der Waals surface area (Å²) in [7, 11) is 0. The summed E-state index contributed by atoms with van der Waals surface area (Å²) in [5.41, 5.74) is 2.44. The molecular weight excluding hydrogens is 393 g/mol. The Morgan fingerprint density at radius 2 is 1.92 bits per heavy atom. The van der Waals surface area contributed by atoms with Crippen molar-refractivity contribution in [1.82, 2.24) is 4.90 Å². The molecule has 0 N–H and O–H groups in total. The molecule has 0 amide bonds. The zero-order chi connectivity index (χ0) is 18.4. The Morgan fingerprint density at radius 1 is 1.12 bits per heavy atom. The van der Waals surface area contributed by atoms with E-state index in [2.05, 4.69) is 39.0 Å². The van der Waals surface area contributed by atoms with Crippen molar-refractivity contribution in [2.24, 2.45) is 5.92 Å². The normalized spacial score (nSPS) is 16.0. The molecule has 0 radical (unpaired) electrons. The van der Waals surface area contributed by atoms with Crippen molar-refractivity contribution < 1.29 is 9.13 Å². The number of benzene rings is 2. The van der Waals surface area contributed by atoms with Crippen molar-refractivity contribution in [2.45, 2.75) is 32.6 Å². The van der Waals surface area contributed by atoms with Gasteiger partial charge in [-0.15, -0.1) is 0 Å². The summed E-state index contributed by atoms with van der Waals surface area (Å²) in [5, 5.41) is 0. The summed E-state index contributed by atoms with van der Waals surface area (Å²) in [5.74, 6) is 1.47. The summed E-state index contributed by atoms with van der Waals surface area (Å²) in [6.45, 7) is 6.07. The topological polar surface area (TPSA) is 12.5 Å². The largest absolute Gasteiger partial charge is 0.494 e. The van der Waals surface area contributed by atoms with Crippen molar-refractivity contribution in [3.05, 3.63) is 63.9 Å². The SMILES string of the molecule is CCOc1cccc(CCN2CCC(Cc3cc(F)cc(Br)c3)CC2)c1. The number of hydrogen-bond acceptors (Lipinski definition) is 2. The first kappa shape index (κ1) is 19.4. The number of likely N-dealkylation sites (tertiary alicyclic amines) is 1. The van der Waals surface area contributed by atoms with Crippen LogP contribution in [0.15, 0.2) is 46.9 Å². The van der Waals surface area contributed by atoms with Crippen molar-refractivity contribution in [3.8, 4) is 5.75 Å². The number of hydrogen-bond donors (Lipinski definition) is 0. The Bertz CT molecular complexity index is 693. The van der Waals surface area contributed by atoms with Crippen LogP contribution in [-0.2, 0) is 12.8 Å². The molecule has 1 heterocycles. The fourth-order valence-electron chi connectivity index (χ4n) is 3.72. The number of halogens is 2. The highest BCUT2D eigenvalue weighted by molar-refractivity contribution is 9.10. The zero-order valence-corrected chi connectivity index (χ0v) is 17.0. The first-order chi connectivity index (χ1) is 12.6. The molecule has 0 aromatic heterocycles. The van der Waals surface area contributed by atoms with Gasteiger partial charge in [0.15, 0.2) is 0 Å². The van der Waals surface area contributed by atoms with E-state index in [0.29, 0.717) is 12.5 Å². The Hall–Kier alpha value is -1.39. The molecule has 1 fully saturated rings. The summed E-state index contributed by atoms with van der Waals surface area (Å²) < 4.78 is 20.0. The molecule has 0 atom stereocenters. The van der Waals surface area contributed by atoms with Crippen LogP contribution >= 0.6 is 15.9 Å². The van der Waals surface area contributed by atoms with E-state index in [1.165, 1.54) is 24.5 Å². The predicted octanol–water partition coefficient (Wildman–Crippen LogP) is 5.48. The Kier molecular flexibility index (Phi) is 7.09. The fourth-order valence-corrected chi connectivity index (χ4v) is 4.23. The molecule has 0 aliphatic carbocycles. The molecule has 1 aliphatic heterocycles. The molecule has 0 saturated carbocycles. The second-order valence-corrected chi connectivity index (χ2v) is 8.01. The minimum absolute atomic E-state index is 0.152. The molecule has 0 unspecified atom stereocenters. The zero-order valence-electron chi connectivity index (χ0n) is 15.4. The lowest BCUT2D eigenvalue weighted by molar-refractivity contribution is 0.186. The molecule has 3 rings (SSSR count). The van der Waals surface area contributed by atoms with Crippen LogP contribution in [0.4, 0.5) is 4.39 Å². The highest BCUT2D eigenvalue weighted by Crippen LogP contribution is 2.24. The third-order valence-corrected chi connectivity index (χ3v) is 5.54. The van der Waals surface area contributed by atoms with Crippen LogP contribution in [-0.4, -0.2) is 31.1 Å². The standard InChI is InChI=1S/C22H27BrFNO/c1-2-26-22-5-3-4-17(15-22)6-9-25-10-7-18(8-11-25)12-19-13-20(23)16-21(24)14-19/h3-5,13-16,18H,2,6-12H2,1H3. The molecule has 1 aliphatic rings. The lowest BCUT2D eigenvalue weighted by atomic mass is 9.90. The molecule has 0 spiro atoms. The van der Waals surface area contributed by atoms with Gasteiger partial charge in [-0.3, -0.25) is 0 Å². The van der Waals surface area contributed by atoms with Gasteiger partial charge in [0.25, 0.3) is 0 Å². The highest BCUT2D eigenvalue weighted by Gasteiger charge is 2.19. The maximum Gasteiger partial charge on any atom is 0.124 e. The van der Waals surface area contributed by atoms with Crippen LogP contribution in [0.2, 0.25) is 0 Å². The summed E-state index contributed by atoms with van der Waals surface area (Å²) >= 11 is 3.39. The molecule has 2 nitrogen and oxygen atoms in total. The summed E-state index contributed by atoms with van der Waals surface area (Å²) in [6.07, 6.45) is 4.41. The Morgan fingerprint density at radius 3 is 2.65 bits per heavy atom. The van der Waals surface area contributed by atoms with Crippen molar-refractivity contribution >= 4 is 15.9 Å². The second-order valence-electron chi connectivity index (χ2n) is 7.10. The van der Waals surface area contributed by atoms with E-state index in [-0.39, 0.29) is 5.82 Å². The average Bonchev–Trinajstić information content (AvgIpc) is 2.61. The van der Waals surface area contributed by atoms with Crippen molar-refractivity contribution in [2.75, 3.05) is 26.2 Å². The van der Waals surface area contributed by atoms with Gasteiger partial charge in [-0.1, -0.05) is 28.1 Å². The van der Waals surface area contributed by atoms with Crippen LogP contribution in [0.5, 0.6) is 5.75 Å². The van der Waals surface area contributed by atoms with E-state index < -0.39 is 0 Å². The highest BCUT2D eigenvalue weighted by atomic mass is 79.9. The third kappa shape index (κ3) is 5.82. The maximum atomic E-state index is 13.5. The Balaban J connectivity index is 1.44. The fraction of sp³-hybridized carbons (Fsp3) is 0.455. The maximum absolute atomic E-state index is 13.5. The van der Waals surface area contributed by atoms with Gasteiger partial charge in [-0.25, -0.2) is 4.39 Å². The quantitative estimate of drug-likeness (QED) is 0.588. The third-order valence-electron chi connectivity index (χ3n) is 5.08. The molecule has 2 aromatic rings. The van der Waals surface area contributed by atoms with Crippen LogP contribution in [0.25, 0.3) is 0 Å². The molecule has 0 bridgehead atoms. The summed E-state index contributed by atoms with van der Waals surface area (Å²) in [4.78, 5) is 2.55. The van der Waals surface area contributed by atoms with Gasteiger partial charge in [0, 0.05) is 11.0 Å². The molecule has 26 heavy (non-hydrogen) atoms. The molecule has 2 aromatic carbocycles. The predicted molar refractivity (Wildman–Crippen MR) is 108 cm³/mol. The van der Waals surface area contributed by atoms with Crippen LogP contribution in [0.3, 0.4) is 0 Å². The number of ether oxygens (including phenoxy) is 1. The Labute approximate surface area is 164 Å². The number of piperidine rings is 1. The van der Waals surface area contributed by atoms with Gasteiger partial charge < -0.3 is 9.64 Å². The first-order valence-electron chi connectivity index (χ1n) is 9.51. The number of rotatable bonds is 7. The van der Waals surface area contributed by atoms with E-state index in [0.717, 1.165) is 48.3 Å². The molecule has 4 heteroatoms. The van der Waals surface area contributed by atoms with Crippen molar-refractivity contribution in [1.29, 1.82) is 0 Å². The van der Waals surface area contributed by atoms with E-state index in [9.17, 15) is 4.39 Å². The lowest BCUT2D eigenvalue weighted by Gasteiger charge is -2.32. The molecule has 1 saturated heterocycles. The van der Waals surface area contributed by atoms with E-state index in [4.69, 9.17) is 4.74 Å². The van der Waals surface area contributed by atoms with Gasteiger partial charge in [-0.2, -0.15) is 0 Å². The smallest absolute Gasteiger partial charge is 0.124 e. The van der Waals surface area contributed by atoms with E-state index in [1.54, 1.807) is 6.07 Å². The van der Waals surface area contributed by atoms with Crippen LogP contribution in [0.1, 0.15) is 30.9 Å². The van der Waals surface area contributed by atoms with Crippen LogP contribution in [0, 0.1) is 11.7 Å². The van der Waals surface area contributed by atoms with Gasteiger partial charge in [0.1, 0.15) is 11.6 Å². The van der Waals surface area contributed by atoms with Gasteiger partial charge >= 0.3 is 0 Å². The number of nitrogens with zero attached hydrogens (tertiary/aromatic N) is 1. The monoisotopic (exact) mass is 419 g/mol. The molecule has 140 valence electrons. The first-order valence-corrected chi connectivity index (χ1v) is 10.3. The lowest BCUT2D eigenvalue weighted by Crippen LogP contribution is -2.35.